The summed E-state index contributed by atoms with van der Waals surface area (Å²) in [6.45, 7) is 4.43. The molecule has 0 spiro atoms. The van der Waals surface area contributed by atoms with Crippen LogP contribution in [0.1, 0.15) is 13.3 Å². The van der Waals surface area contributed by atoms with E-state index in [1.165, 1.54) is 0 Å². The van der Waals surface area contributed by atoms with Gasteiger partial charge < -0.3 is 15.4 Å². The number of rotatable bonds is 6. The number of esters is 1. The molecule has 0 rings (SSSR count). The van der Waals surface area contributed by atoms with Crippen molar-refractivity contribution in [2.75, 3.05) is 33.3 Å². The smallest absolute Gasteiger partial charge is 0.307 e. The molecule has 12 heavy (non-hydrogen) atoms. The number of carbonyl (C=O) groups excluding carboxylic acids is 1. The minimum absolute atomic E-state index is 0.138. The van der Waals surface area contributed by atoms with Gasteiger partial charge in [-0.1, -0.05) is 0 Å². The van der Waals surface area contributed by atoms with Gasteiger partial charge in [0.15, 0.2) is 0 Å². The monoisotopic (exact) mass is 174 g/mol. The lowest BCUT2D eigenvalue weighted by molar-refractivity contribution is -0.143. The molecule has 4 nitrogen and oxygen atoms in total. The Morgan fingerprint density at radius 1 is 1.50 bits per heavy atom. The van der Waals surface area contributed by atoms with E-state index in [1.807, 2.05) is 18.9 Å². The number of hydrogen-bond acceptors (Lipinski definition) is 4. The van der Waals surface area contributed by atoms with Crippen LogP contribution in [-0.2, 0) is 9.53 Å². The topological polar surface area (TPSA) is 55.6 Å². The third kappa shape index (κ3) is 6.12. The summed E-state index contributed by atoms with van der Waals surface area (Å²) in [5, 5.41) is 0. The summed E-state index contributed by atoms with van der Waals surface area (Å²) in [6.07, 6.45) is 0.449. The van der Waals surface area contributed by atoms with Gasteiger partial charge in [0, 0.05) is 19.6 Å². The first kappa shape index (κ1) is 11.4. The Morgan fingerprint density at radius 3 is 2.67 bits per heavy atom. The summed E-state index contributed by atoms with van der Waals surface area (Å²) in [5.74, 6) is -0.138. The maximum Gasteiger partial charge on any atom is 0.307 e. The maximum absolute atomic E-state index is 10.9. The minimum Gasteiger partial charge on any atom is -0.466 e. The van der Waals surface area contributed by atoms with Gasteiger partial charge in [0.05, 0.1) is 13.0 Å². The van der Waals surface area contributed by atoms with E-state index in [1.54, 1.807) is 0 Å². The molecule has 0 saturated heterocycles. The van der Waals surface area contributed by atoms with Crippen molar-refractivity contribution in [3.05, 3.63) is 0 Å². The lowest BCUT2D eigenvalue weighted by Crippen LogP contribution is -2.28. The number of likely N-dealkylation sites (N-methyl/N-ethyl adjacent to an activating group) is 1. The lowest BCUT2D eigenvalue weighted by Gasteiger charge is -2.13. The first-order chi connectivity index (χ1) is 5.70. The van der Waals surface area contributed by atoms with Crippen LogP contribution in [0.2, 0.25) is 0 Å². The lowest BCUT2D eigenvalue weighted by atomic mass is 10.4. The Labute approximate surface area is 73.7 Å². The molecule has 0 aliphatic heterocycles. The predicted molar refractivity (Wildman–Crippen MR) is 47.8 cm³/mol. The second-order valence-electron chi connectivity index (χ2n) is 2.65. The highest BCUT2D eigenvalue weighted by molar-refractivity contribution is 5.69. The van der Waals surface area contributed by atoms with Crippen LogP contribution >= 0.6 is 0 Å². The largest absolute Gasteiger partial charge is 0.466 e. The Bertz CT molecular complexity index is 128. The summed E-state index contributed by atoms with van der Waals surface area (Å²) >= 11 is 0. The van der Waals surface area contributed by atoms with E-state index in [-0.39, 0.29) is 5.97 Å². The van der Waals surface area contributed by atoms with Gasteiger partial charge in [-0.15, -0.1) is 0 Å². The van der Waals surface area contributed by atoms with Crippen molar-refractivity contribution >= 4 is 5.97 Å². The molecule has 0 amide bonds. The molecular weight excluding hydrogens is 156 g/mol. The first-order valence-electron chi connectivity index (χ1n) is 4.25. The van der Waals surface area contributed by atoms with E-state index >= 15 is 0 Å². The average Bonchev–Trinajstić information content (AvgIpc) is 2.02. The van der Waals surface area contributed by atoms with Crippen LogP contribution in [0.15, 0.2) is 0 Å². The van der Waals surface area contributed by atoms with Crippen molar-refractivity contribution < 1.29 is 9.53 Å². The second-order valence-corrected chi connectivity index (χ2v) is 2.65. The molecule has 0 unspecified atom stereocenters. The van der Waals surface area contributed by atoms with Crippen LogP contribution in [0.25, 0.3) is 0 Å². The quantitative estimate of drug-likeness (QED) is 0.568. The van der Waals surface area contributed by atoms with Gasteiger partial charge >= 0.3 is 5.97 Å². The fourth-order valence-electron chi connectivity index (χ4n) is 0.847. The van der Waals surface area contributed by atoms with Gasteiger partial charge in [0.2, 0.25) is 0 Å². The van der Waals surface area contributed by atoms with Crippen LogP contribution in [0.4, 0.5) is 0 Å². The first-order valence-corrected chi connectivity index (χ1v) is 4.25. The van der Waals surface area contributed by atoms with Gasteiger partial charge in [-0.2, -0.15) is 0 Å². The van der Waals surface area contributed by atoms with E-state index in [9.17, 15) is 4.79 Å². The molecule has 0 aromatic rings. The van der Waals surface area contributed by atoms with Crippen molar-refractivity contribution in [2.24, 2.45) is 5.73 Å². The molecular formula is C8H18N2O2. The SMILES string of the molecule is CCOC(=O)CCN(C)CCN. The minimum atomic E-state index is -0.138. The van der Waals surface area contributed by atoms with Gasteiger partial charge in [-0.25, -0.2) is 0 Å². The Balaban J connectivity index is 3.33. The zero-order chi connectivity index (χ0) is 9.40. The van der Waals surface area contributed by atoms with Gasteiger partial charge in [0.1, 0.15) is 0 Å². The van der Waals surface area contributed by atoms with E-state index < -0.39 is 0 Å². The highest BCUT2D eigenvalue weighted by Gasteiger charge is 2.03. The molecule has 0 aliphatic rings. The van der Waals surface area contributed by atoms with E-state index in [0.29, 0.717) is 19.6 Å². The fraction of sp³-hybridized carbons (Fsp3) is 0.875. The molecule has 0 saturated carbocycles. The Morgan fingerprint density at radius 2 is 2.17 bits per heavy atom. The van der Waals surface area contributed by atoms with Crippen LogP contribution in [0, 0.1) is 0 Å². The highest BCUT2D eigenvalue weighted by atomic mass is 16.5. The van der Waals surface area contributed by atoms with Crippen LogP contribution in [-0.4, -0.2) is 44.2 Å². The number of hydrogen-bond donors (Lipinski definition) is 1. The van der Waals surface area contributed by atoms with Crippen molar-refractivity contribution in [2.45, 2.75) is 13.3 Å². The second kappa shape index (κ2) is 7.06. The zero-order valence-corrected chi connectivity index (χ0v) is 7.88. The molecule has 0 atom stereocenters. The summed E-state index contributed by atoms with van der Waals surface area (Å²) < 4.78 is 4.77. The Kier molecular flexibility index (Phi) is 6.70. The van der Waals surface area contributed by atoms with E-state index in [4.69, 9.17) is 10.5 Å². The van der Waals surface area contributed by atoms with Gasteiger partial charge in [-0.05, 0) is 14.0 Å². The summed E-state index contributed by atoms with van der Waals surface area (Å²) in [7, 11) is 1.94. The van der Waals surface area contributed by atoms with Crippen LogP contribution < -0.4 is 5.73 Å². The molecule has 0 aromatic carbocycles. The van der Waals surface area contributed by atoms with Crippen molar-refractivity contribution in [1.29, 1.82) is 0 Å². The normalized spacial score (nSPS) is 10.3. The molecule has 0 fully saturated rings. The summed E-state index contributed by atoms with van der Waals surface area (Å²) in [6, 6.07) is 0. The predicted octanol–water partition coefficient (Wildman–Crippen LogP) is -0.170. The molecule has 0 bridgehead atoms. The summed E-state index contributed by atoms with van der Waals surface area (Å²) in [4.78, 5) is 12.9. The molecule has 0 heterocycles. The zero-order valence-electron chi connectivity index (χ0n) is 7.88. The molecule has 0 radical (unpaired) electrons. The fourth-order valence-corrected chi connectivity index (χ4v) is 0.847. The van der Waals surface area contributed by atoms with Crippen LogP contribution in [0.3, 0.4) is 0 Å². The average molecular weight is 174 g/mol. The van der Waals surface area contributed by atoms with Crippen molar-refractivity contribution in [3.8, 4) is 0 Å². The molecule has 2 N–H and O–H groups in total. The third-order valence-corrected chi connectivity index (χ3v) is 1.51. The van der Waals surface area contributed by atoms with Gasteiger partial charge in [0.25, 0.3) is 0 Å². The highest BCUT2D eigenvalue weighted by Crippen LogP contribution is 1.89. The third-order valence-electron chi connectivity index (χ3n) is 1.51. The number of nitrogens with two attached hydrogens (primary N) is 1. The van der Waals surface area contributed by atoms with E-state index in [2.05, 4.69) is 0 Å². The van der Waals surface area contributed by atoms with Gasteiger partial charge in [-0.3, -0.25) is 4.79 Å². The maximum atomic E-state index is 10.9. The van der Waals surface area contributed by atoms with E-state index in [0.717, 1.165) is 13.1 Å². The Hall–Kier alpha value is -0.610. The number of carbonyl (C=O) groups is 1. The molecule has 4 heteroatoms. The molecule has 72 valence electrons. The van der Waals surface area contributed by atoms with Crippen molar-refractivity contribution in [3.63, 3.8) is 0 Å². The molecule has 0 aromatic heterocycles. The standard InChI is InChI=1S/C8H18N2O2/c1-3-12-8(11)4-6-10(2)7-5-9/h3-7,9H2,1-2H3. The summed E-state index contributed by atoms with van der Waals surface area (Å²) in [5.41, 5.74) is 5.34. The van der Waals surface area contributed by atoms with Crippen LogP contribution in [0.5, 0.6) is 0 Å². The number of nitrogens with zero attached hydrogens (tertiary/aromatic N) is 1. The number of ether oxygens (including phenoxy) is 1. The molecule has 0 aliphatic carbocycles. The van der Waals surface area contributed by atoms with Crippen molar-refractivity contribution in [1.82, 2.24) is 4.90 Å².